The van der Waals surface area contributed by atoms with Crippen LogP contribution in [0, 0.1) is 5.82 Å². The van der Waals surface area contributed by atoms with E-state index in [9.17, 15) is 19.4 Å². The van der Waals surface area contributed by atoms with Crippen LogP contribution in [0.15, 0.2) is 53.5 Å². The predicted octanol–water partition coefficient (Wildman–Crippen LogP) is 3.87. The molecule has 5 nitrogen and oxygen atoms in total. The van der Waals surface area contributed by atoms with E-state index in [4.69, 9.17) is 4.99 Å². The third-order valence-electron chi connectivity index (χ3n) is 5.91. The highest BCUT2D eigenvalue weighted by molar-refractivity contribution is 8.93. The second-order valence-electron chi connectivity index (χ2n) is 7.47. The summed E-state index contributed by atoms with van der Waals surface area (Å²) in [6, 6.07) is 13.8. The Balaban J connectivity index is 0.00000205. The molecule has 2 N–H and O–H groups in total. The van der Waals surface area contributed by atoms with Crippen LogP contribution in [0.25, 0.3) is 0 Å². The molecule has 3 aliphatic rings. The van der Waals surface area contributed by atoms with Crippen molar-refractivity contribution in [2.24, 2.45) is 4.99 Å². The van der Waals surface area contributed by atoms with E-state index in [0.29, 0.717) is 17.2 Å². The summed E-state index contributed by atoms with van der Waals surface area (Å²) in [4.78, 5) is 18.2. The quantitative estimate of drug-likeness (QED) is 0.700. The van der Waals surface area contributed by atoms with Gasteiger partial charge in [-0.05, 0) is 36.1 Å². The first-order valence-corrected chi connectivity index (χ1v) is 10.2. The van der Waals surface area contributed by atoms with Gasteiger partial charge in [-0.15, -0.1) is 17.0 Å². The number of thioether (sulfide) groups is 1. The molecule has 8 heteroatoms. The Kier molecular flexibility index (Phi) is 5.21. The number of aliphatic carboxylic acids is 1. The third kappa shape index (κ3) is 3.08. The Labute approximate surface area is 182 Å². The van der Waals surface area contributed by atoms with Gasteiger partial charge in [0.25, 0.3) is 0 Å². The number of carbonyl (C=O) groups is 1. The van der Waals surface area contributed by atoms with Crippen LogP contribution in [-0.4, -0.2) is 37.5 Å². The lowest BCUT2D eigenvalue weighted by Gasteiger charge is -2.42. The topological polar surface area (TPSA) is 73.1 Å². The zero-order valence-electron chi connectivity index (χ0n) is 15.4. The molecule has 0 radical (unpaired) electrons. The number of amidine groups is 1. The van der Waals surface area contributed by atoms with Crippen molar-refractivity contribution in [1.82, 2.24) is 4.90 Å². The van der Waals surface area contributed by atoms with Crippen molar-refractivity contribution in [3.05, 3.63) is 71.0 Å². The summed E-state index contributed by atoms with van der Waals surface area (Å²) >= 11 is 1.33. The van der Waals surface area contributed by atoms with Crippen LogP contribution < -0.4 is 0 Å². The number of aryl methyl sites for hydroxylation is 1. The number of benzene rings is 2. The average molecular weight is 479 g/mol. The Morgan fingerprint density at radius 2 is 2.03 bits per heavy atom. The Hall–Kier alpha value is -1.90. The smallest absolute Gasteiger partial charge is 0.304 e. The van der Waals surface area contributed by atoms with Gasteiger partial charge in [0.1, 0.15) is 5.82 Å². The molecule has 0 bridgehead atoms. The molecular weight excluding hydrogens is 459 g/mol. The molecule has 2 heterocycles. The maximum atomic E-state index is 13.6. The SMILES string of the molecule is Br.O=C(O)C[C@H]1SC2=NC3c4ccc(F)cc4CCC3N2[C@]1(O)c1ccccc1. The number of rotatable bonds is 3. The molecule has 2 aromatic rings. The number of carboxylic acid groups (broad SMARTS) is 1. The molecule has 2 aliphatic heterocycles. The number of aliphatic hydroxyl groups is 1. The summed E-state index contributed by atoms with van der Waals surface area (Å²) in [5.74, 6) is -1.20. The summed E-state index contributed by atoms with van der Waals surface area (Å²) in [6.45, 7) is 0. The highest BCUT2D eigenvalue weighted by Gasteiger charge is 2.59. The van der Waals surface area contributed by atoms with Crippen molar-refractivity contribution in [2.75, 3.05) is 0 Å². The zero-order chi connectivity index (χ0) is 19.5. The highest BCUT2D eigenvalue weighted by atomic mass is 79.9. The minimum absolute atomic E-state index is 0. The van der Waals surface area contributed by atoms with E-state index < -0.39 is 16.9 Å². The Bertz CT molecular complexity index is 989. The molecule has 1 aliphatic carbocycles. The van der Waals surface area contributed by atoms with Crippen molar-refractivity contribution in [1.29, 1.82) is 0 Å². The predicted molar refractivity (Wildman–Crippen MR) is 115 cm³/mol. The maximum absolute atomic E-state index is 13.6. The summed E-state index contributed by atoms with van der Waals surface area (Å²) in [7, 11) is 0. The van der Waals surface area contributed by atoms with Crippen molar-refractivity contribution in [3.8, 4) is 0 Å². The molecule has 0 saturated carbocycles. The molecule has 4 atom stereocenters. The van der Waals surface area contributed by atoms with Gasteiger partial charge in [-0.2, -0.15) is 0 Å². The fraction of sp³-hybridized carbons (Fsp3) is 0.333. The first-order chi connectivity index (χ1) is 13.5. The van der Waals surface area contributed by atoms with Crippen molar-refractivity contribution < 1.29 is 19.4 Å². The number of hydrogen-bond donors (Lipinski definition) is 2. The second-order valence-corrected chi connectivity index (χ2v) is 8.64. The van der Waals surface area contributed by atoms with E-state index in [0.717, 1.165) is 17.5 Å². The zero-order valence-corrected chi connectivity index (χ0v) is 17.9. The molecule has 0 aromatic heterocycles. The van der Waals surface area contributed by atoms with Gasteiger partial charge in [0, 0.05) is 5.56 Å². The van der Waals surface area contributed by atoms with Gasteiger partial charge in [-0.3, -0.25) is 9.79 Å². The van der Waals surface area contributed by atoms with E-state index in [1.54, 1.807) is 12.1 Å². The molecule has 0 spiro atoms. The monoisotopic (exact) mass is 478 g/mol. The summed E-state index contributed by atoms with van der Waals surface area (Å²) in [6.07, 6.45) is 1.26. The van der Waals surface area contributed by atoms with Gasteiger partial charge in [-0.25, -0.2) is 4.39 Å². The van der Waals surface area contributed by atoms with Crippen LogP contribution in [0.2, 0.25) is 0 Å². The molecule has 29 heavy (non-hydrogen) atoms. The fourth-order valence-corrected chi connectivity index (χ4v) is 6.16. The lowest BCUT2D eigenvalue weighted by atomic mass is 9.82. The second kappa shape index (κ2) is 7.41. The third-order valence-corrected chi connectivity index (χ3v) is 7.20. The molecular formula is C21H20BrFN2O3S. The van der Waals surface area contributed by atoms with Crippen LogP contribution in [0.1, 0.15) is 35.6 Å². The standard InChI is InChI=1S/C21H19FN2O3S.BrH/c22-14-7-8-15-12(10-14)6-9-16-19(15)23-20-24(16)21(27,13-4-2-1-3-5-13)17(28-20)11-18(25)26;/h1-5,7-8,10,16-17,19,27H,6,9,11H2,(H,25,26);1H/t16?,17-,19?,21+;/m1./s1. The maximum Gasteiger partial charge on any atom is 0.304 e. The molecule has 1 fully saturated rings. The first kappa shape index (κ1) is 20.4. The van der Waals surface area contributed by atoms with E-state index in [-0.39, 0.29) is 41.3 Å². The van der Waals surface area contributed by atoms with Crippen LogP contribution in [-0.2, 0) is 16.9 Å². The molecule has 5 rings (SSSR count). The number of fused-ring (bicyclic) bond motifs is 5. The van der Waals surface area contributed by atoms with E-state index in [2.05, 4.69) is 0 Å². The van der Waals surface area contributed by atoms with Crippen molar-refractivity contribution in [3.63, 3.8) is 0 Å². The molecule has 1 saturated heterocycles. The first-order valence-electron chi connectivity index (χ1n) is 9.30. The Morgan fingerprint density at radius 1 is 1.28 bits per heavy atom. The van der Waals surface area contributed by atoms with Gasteiger partial charge in [0.2, 0.25) is 0 Å². The number of halogens is 2. The van der Waals surface area contributed by atoms with Gasteiger partial charge in [-0.1, -0.05) is 48.2 Å². The Morgan fingerprint density at radius 3 is 2.76 bits per heavy atom. The molecule has 2 unspecified atom stereocenters. The highest BCUT2D eigenvalue weighted by Crippen LogP contribution is 2.55. The number of carboxylic acids is 1. The molecule has 152 valence electrons. The molecule has 2 aromatic carbocycles. The van der Waals surface area contributed by atoms with Crippen LogP contribution >= 0.6 is 28.7 Å². The number of aliphatic imine (C=N–C) groups is 1. The number of nitrogens with zero attached hydrogens (tertiary/aromatic N) is 2. The largest absolute Gasteiger partial charge is 0.481 e. The van der Waals surface area contributed by atoms with Crippen molar-refractivity contribution in [2.45, 2.75) is 42.3 Å². The lowest BCUT2D eigenvalue weighted by molar-refractivity contribution is -0.141. The van der Waals surface area contributed by atoms with Gasteiger partial charge < -0.3 is 15.1 Å². The summed E-state index contributed by atoms with van der Waals surface area (Å²) in [5, 5.41) is 21.4. The van der Waals surface area contributed by atoms with E-state index in [1.165, 1.54) is 17.8 Å². The normalized spacial score (nSPS) is 29.4. The van der Waals surface area contributed by atoms with Gasteiger partial charge >= 0.3 is 5.97 Å². The number of hydrogen-bond acceptors (Lipinski definition) is 5. The van der Waals surface area contributed by atoms with Gasteiger partial charge in [0.15, 0.2) is 10.9 Å². The van der Waals surface area contributed by atoms with Crippen LogP contribution in [0.3, 0.4) is 0 Å². The van der Waals surface area contributed by atoms with Crippen molar-refractivity contribution >= 4 is 39.9 Å². The van der Waals surface area contributed by atoms with E-state index >= 15 is 0 Å². The van der Waals surface area contributed by atoms with E-state index in [1.807, 2.05) is 35.2 Å². The van der Waals surface area contributed by atoms with Crippen LogP contribution in [0.4, 0.5) is 4.39 Å². The fourth-order valence-electron chi connectivity index (χ4n) is 4.70. The summed E-state index contributed by atoms with van der Waals surface area (Å²) in [5.41, 5.74) is 1.18. The lowest BCUT2D eigenvalue weighted by Crippen LogP contribution is -2.53. The molecule has 0 amide bonds. The summed E-state index contributed by atoms with van der Waals surface area (Å²) < 4.78 is 13.6. The van der Waals surface area contributed by atoms with Gasteiger partial charge in [0.05, 0.1) is 23.8 Å². The minimum atomic E-state index is -1.44. The van der Waals surface area contributed by atoms with Crippen LogP contribution in [0.5, 0.6) is 0 Å². The minimum Gasteiger partial charge on any atom is -0.481 e. The average Bonchev–Trinajstić information content (AvgIpc) is 3.17.